The minimum absolute atomic E-state index is 0.0252. The fraction of sp³-hybridized carbons (Fsp3) is 0. The van der Waals surface area contributed by atoms with E-state index in [1.54, 1.807) is 18.2 Å². The molecule has 0 atom stereocenters. The van der Waals surface area contributed by atoms with E-state index in [-0.39, 0.29) is 28.5 Å². The van der Waals surface area contributed by atoms with Crippen molar-refractivity contribution in [1.29, 1.82) is 0 Å². The third-order valence-corrected chi connectivity index (χ3v) is 4.35. The molecule has 2 aromatic carbocycles. The second-order valence-electron chi connectivity index (χ2n) is 5.98. The smallest absolute Gasteiger partial charge is 0.241 e. The minimum atomic E-state index is -0.193. The largest absolute Gasteiger partial charge is 0.506 e. The van der Waals surface area contributed by atoms with Crippen LogP contribution in [0, 0.1) is 0 Å². The van der Waals surface area contributed by atoms with Gasteiger partial charge in [0.2, 0.25) is 17.7 Å². The fourth-order valence-electron chi connectivity index (χ4n) is 2.71. The lowest BCUT2D eigenvalue weighted by atomic mass is 10.1. The van der Waals surface area contributed by atoms with Gasteiger partial charge in [-0.3, -0.25) is 0 Å². The molecule has 4 rings (SSSR count). The molecule has 4 N–H and O–H groups in total. The Balaban J connectivity index is 1.83. The van der Waals surface area contributed by atoms with Crippen molar-refractivity contribution in [2.24, 2.45) is 0 Å². The number of benzene rings is 2. The third-order valence-electron chi connectivity index (χ3n) is 4.04. The van der Waals surface area contributed by atoms with Crippen LogP contribution < -0.4 is 5.32 Å². The number of nitrogens with zero attached hydrogens (tertiary/aromatic N) is 3. The third kappa shape index (κ3) is 3.43. The summed E-state index contributed by atoms with van der Waals surface area (Å²) in [5, 5.41) is 33.0. The van der Waals surface area contributed by atoms with Gasteiger partial charge in [0.15, 0.2) is 0 Å². The molecule has 0 aliphatic rings. The molecule has 2 aromatic heterocycles. The first-order valence-corrected chi connectivity index (χ1v) is 8.69. The fourth-order valence-corrected chi connectivity index (χ4v) is 2.89. The molecule has 8 heteroatoms. The van der Waals surface area contributed by atoms with Crippen LogP contribution in [0.4, 0.5) is 11.5 Å². The van der Waals surface area contributed by atoms with E-state index in [0.29, 0.717) is 17.2 Å². The first-order valence-electron chi connectivity index (χ1n) is 8.31. The van der Waals surface area contributed by atoms with Crippen LogP contribution >= 0.6 is 11.6 Å². The minimum Gasteiger partial charge on any atom is -0.506 e. The molecular weight excluding hydrogens is 380 g/mol. The zero-order valence-corrected chi connectivity index (χ0v) is 15.2. The summed E-state index contributed by atoms with van der Waals surface area (Å²) in [5.74, 6) is 0.0947. The highest BCUT2D eigenvalue weighted by Gasteiger charge is 2.15. The van der Waals surface area contributed by atoms with E-state index in [4.69, 9.17) is 11.6 Å². The van der Waals surface area contributed by atoms with E-state index in [2.05, 4.69) is 15.3 Å². The Morgan fingerprint density at radius 3 is 2.21 bits per heavy atom. The van der Waals surface area contributed by atoms with Gasteiger partial charge in [-0.25, -0.2) is 9.55 Å². The van der Waals surface area contributed by atoms with Crippen LogP contribution in [0.5, 0.6) is 17.5 Å². The van der Waals surface area contributed by atoms with Gasteiger partial charge < -0.3 is 20.6 Å². The lowest BCUT2D eigenvalue weighted by Crippen LogP contribution is -2.05. The molecule has 0 fully saturated rings. The van der Waals surface area contributed by atoms with E-state index in [9.17, 15) is 15.3 Å². The number of hydrogen-bond acceptors (Lipinski definition) is 6. The predicted octanol–water partition coefficient (Wildman–Crippen LogP) is 4.45. The summed E-state index contributed by atoms with van der Waals surface area (Å²) < 4.78 is 1.13. The van der Waals surface area contributed by atoms with Gasteiger partial charge in [-0.15, -0.1) is 0 Å². The molecule has 0 bridgehead atoms. The molecule has 0 spiro atoms. The lowest BCUT2D eigenvalue weighted by Gasteiger charge is -2.12. The number of phenolic OH excluding ortho intramolecular Hbond substituents is 1. The van der Waals surface area contributed by atoms with Gasteiger partial charge in [-0.1, -0.05) is 41.9 Å². The maximum absolute atomic E-state index is 10.1. The molecule has 0 saturated carbocycles. The van der Waals surface area contributed by atoms with E-state index >= 15 is 0 Å². The highest BCUT2D eigenvalue weighted by molar-refractivity contribution is 6.32. The Bertz CT molecular complexity index is 1130. The molecule has 28 heavy (non-hydrogen) atoms. The number of aromatic hydroxyl groups is 3. The Hall–Kier alpha value is -3.71. The van der Waals surface area contributed by atoms with E-state index in [1.807, 2.05) is 30.3 Å². The molecule has 0 aliphatic carbocycles. The maximum Gasteiger partial charge on any atom is 0.241 e. The van der Waals surface area contributed by atoms with Gasteiger partial charge in [0.1, 0.15) is 11.6 Å². The van der Waals surface area contributed by atoms with Gasteiger partial charge in [0.05, 0.1) is 10.7 Å². The zero-order chi connectivity index (χ0) is 19.7. The highest BCUT2D eigenvalue weighted by Crippen LogP contribution is 2.30. The standard InChI is InChI=1S/C20H15ClN4O3/c21-14-10-13(6-7-16(14)26)22-17-11-15(12-4-2-1-3-5-12)23-20(24-17)25-18(27)8-9-19(25)28/h1-11,26-28H,(H,22,23,24). The second kappa shape index (κ2) is 7.13. The summed E-state index contributed by atoms with van der Waals surface area (Å²) in [6, 6.07) is 18.6. The Morgan fingerprint density at radius 2 is 1.54 bits per heavy atom. The highest BCUT2D eigenvalue weighted by atomic mass is 35.5. The lowest BCUT2D eigenvalue weighted by molar-refractivity contribution is 0.399. The first kappa shape index (κ1) is 17.7. The van der Waals surface area contributed by atoms with E-state index < -0.39 is 0 Å². The van der Waals surface area contributed by atoms with Crippen LogP contribution in [0.15, 0.2) is 66.7 Å². The van der Waals surface area contributed by atoms with Crippen molar-refractivity contribution in [3.8, 4) is 34.7 Å². The van der Waals surface area contributed by atoms with Crippen molar-refractivity contribution < 1.29 is 15.3 Å². The molecule has 7 nitrogen and oxygen atoms in total. The SMILES string of the molecule is Oc1ccc(Nc2cc(-c3ccccc3)nc(-n3c(O)ccc3O)n2)cc1Cl. The average molecular weight is 395 g/mol. The van der Waals surface area contributed by atoms with Crippen LogP contribution in [0.3, 0.4) is 0 Å². The Morgan fingerprint density at radius 1 is 0.821 bits per heavy atom. The van der Waals surface area contributed by atoms with Crippen molar-refractivity contribution in [2.45, 2.75) is 0 Å². The second-order valence-corrected chi connectivity index (χ2v) is 6.39. The van der Waals surface area contributed by atoms with Crippen molar-refractivity contribution in [1.82, 2.24) is 14.5 Å². The maximum atomic E-state index is 10.1. The van der Waals surface area contributed by atoms with Crippen LogP contribution in [-0.2, 0) is 0 Å². The van der Waals surface area contributed by atoms with Gasteiger partial charge in [-0.2, -0.15) is 4.98 Å². The van der Waals surface area contributed by atoms with Gasteiger partial charge in [-0.05, 0) is 18.2 Å². The molecule has 0 saturated heterocycles. The van der Waals surface area contributed by atoms with E-state index in [0.717, 1.165) is 10.1 Å². The first-order chi connectivity index (χ1) is 13.5. The molecule has 0 amide bonds. The summed E-state index contributed by atoms with van der Waals surface area (Å²) in [7, 11) is 0. The number of hydrogen-bond donors (Lipinski definition) is 4. The summed E-state index contributed by atoms with van der Waals surface area (Å²) in [4.78, 5) is 8.85. The molecule has 0 unspecified atom stereocenters. The quantitative estimate of drug-likeness (QED) is 0.381. The average Bonchev–Trinajstić information content (AvgIpc) is 3.03. The molecule has 140 valence electrons. The molecule has 4 aromatic rings. The topological polar surface area (TPSA) is 103 Å². The van der Waals surface area contributed by atoms with Gasteiger partial charge in [0.25, 0.3) is 0 Å². The molecule has 0 aliphatic heterocycles. The summed E-state index contributed by atoms with van der Waals surface area (Å²) in [6.07, 6.45) is 0. The van der Waals surface area contributed by atoms with Gasteiger partial charge in [0, 0.05) is 29.4 Å². The summed E-state index contributed by atoms with van der Waals surface area (Å²) in [5.41, 5.74) is 2.03. The van der Waals surface area contributed by atoms with Crippen molar-refractivity contribution in [3.63, 3.8) is 0 Å². The van der Waals surface area contributed by atoms with Crippen molar-refractivity contribution in [2.75, 3.05) is 5.32 Å². The number of aromatic nitrogens is 3. The number of nitrogens with one attached hydrogen (secondary N) is 1. The predicted molar refractivity (Wildman–Crippen MR) is 107 cm³/mol. The van der Waals surface area contributed by atoms with E-state index in [1.165, 1.54) is 18.2 Å². The van der Waals surface area contributed by atoms with Gasteiger partial charge >= 0.3 is 0 Å². The van der Waals surface area contributed by atoms with Crippen molar-refractivity contribution in [3.05, 3.63) is 71.8 Å². The monoisotopic (exact) mass is 394 g/mol. The molecular formula is C20H15ClN4O3. The Labute approximate surface area is 165 Å². The number of rotatable bonds is 4. The van der Waals surface area contributed by atoms with Crippen LogP contribution in [0.2, 0.25) is 5.02 Å². The normalized spacial score (nSPS) is 10.8. The molecule has 0 radical (unpaired) electrons. The number of phenols is 1. The molecule has 2 heterocycles. The zero-order valence-electron chi connectivity index (χ0n) is 14.4. The van der Waals surface area contributed by atoms with Crippen LogP contribution in [0.25, 0.3) is 17.2 Å². The Kier molecular flexibility index (Phi) is 4.50. The van der Waals surface area contributed by atoms with Crippen molar-refractivity contribution >= 4 is 23.1 Å². The number of anilines is 2. The summed E-state index contributed by atoms with van der Waals surface area (Å²) >= 11 is 5.97. The van der Waals surface area contributed by atoms with Crippen LogP contribution in [-0.4, -0.2) is 29.9 Å². The number of halogens is 1. The van der Waals surface area contributed by atoms with Crippen LogP contribution in [0.1, 0.15) is 0 Å². The summed E-state index contributed by atoms with van der Waals surface area (Å²) in [6.45, 7) is 0.